The van der Waals surface area contributed by atoms with Gasteiger partial charge in [0.15, 0.2) is 5.16 Å². The predicted octanol–water partition coefficient (Wildman–Crippen LogP) is 2.84. The van der Waals surface area contributed by atoms with E-state index >= 15 is 0 Å². The van der Waals surface area contributed by atoms with E-state index in [1.807, 2.05) is 43.3 Å². The quantitative estimate of drug-likeness (QED) is 0.526. The molecule has 6 nitrogen and oxygen atoms in total. The van der Waals surface area contributed by atoms with Crippen molar-refractivity contribution in [2.45, 2.75) is 50.4 Å². The van der Waals surface area contributed by atoms with Gasteiger partial charge in [-0.15, -0.1) is 0 Å². The van der Waals surface area contributed by atoms with E-state index < -0.39 is 0 Å². The Hall–Kier alpha value is -1.86. The summed E-state index contributed by atoms with van der Waals surface area (Å²) in [6.45, 7) is 4.45. The Morgan fingerprint density at radius 2 is 2.07 bits per heavy atom. The summed E-state index contributed by atoms with van der Waals surface area (Å²) < 4.78 is 1.74. The molecule has 1 aliphatic heterocycles. The Balaban J connectivity index is 1.81. The molecular weight excluding hydrogens is 372 g/mol. The summed E-state index contributed by atoms with van der Waals surface area (Å²) in [5.41, 5.74) is 0.670. The van der Waals surface area contributed by atoms with Gasteiger partial charge in [-0.2, -0.15) is 0 Å². The van der Waals surface area contributed by atoms with E-state index in [4.69, 9.17) is 4.98 Å². The first-order valence-electron chi connectivity index (χ1n) is 10.0. The Morgan fingerprint density at radius 3 is 2.82 bits per heavy atom. The van der Waals surface area contributed by atoms with Gasteiger partial charge in [0, 0.05) is 19.1 Å². The first-order chi connectivity index (χ1) is 13.5. The van der Waals surface area contributed by atoms with Crippen LogP contribution < -0.4 is 5.56 Å². The van der Waals surface area contributed by atoms with Crippen molar-refractivity contribution in [1.29, 1.82) is 0 Å². The average molecular weight is 403 g/mol. The lowest BCUT2D eigenvalue weighted by molar-refractivity contribution is -0.131. The number of nitrogens with zero attached hydrogens (tertiary/aromatic N) is 4. The first kappa shape index (κ1) is 20.9. The number of hydrogen-bond acceptors (Lipinski definition) is 5. The molecule has 2 heterocycles. The Kier molecular flexibility index (Phi) is 7.13. The molecule has 1 aromatic carbocycles. The Morgan fingerprint density at radius 1 is 1.29 bits per heavy atom. The molecule has 3 rings (SSSR count). The monoisotopic (exact) mass is 402 g/mol. The van der Waals surface area contributed by atoms with Gasteiger partial charge in [-0.1, -0.05) is 23.9 Å². The minimum atomic E-state index is -0.0226. The van der Waals surface area contributed by atoms with E-state index in [1.165, 1.54) is 18.2 Å². The molecule has 1 aliphatic rings. The lowest BCUT2D eigenvalue weighted by atomic mass is 10.0. The van der Waals surface area contributed by atoms with Crippen molar-refractivity contribution >= 4 is 28.6 Å². The Bertz CT molecular complexity index is 880. The van der Waals surface area contributed by atoms with Crippen LogP contribution in [0.1, 0.15) is 32.6 Å². The molecule has 152 valence electrons. The minimum Gasteiger partial charge on any atom is -0.339 e. The molecular formula is C21H30N4O2S. The van der Waals surface area contributed by atoms with Crippen molar-refractivity contribution in [2.75, 3.05) is 32.9 Å². The molecule has 0 spiro atoms. The SMILES string of the molecule is C[C@H]1CCCCN1C(=O)CSc1nc2ccccc2c(=O)n1CCCN(C)C. The second-order valence-corrected chi connectivity index (χ2v) is 8.69. The van der Waals surface area contributed by atoms with Gasteiger partial charge in [-0.25, -0.2) is 4.98 Å². The van der Waals surface area contributed by atoms with Crippen molar-refractivity contribution in [3.05, 3.63) is 34.6 Å². The zero-order valence-corrected chi connectivity index (χ0v) is 17.9. The Labute approximate surface area is 170 Å². The number of rotatable bonds is 7. The third-order valence-corrected chi connectivity index (χ3v) is 6.22. The largest absolute Gasteiger partial charge is 0.339 e. The summed E-state index contributed by atoms with van der Waals surface area (Å²) in [6.07, 6.45) is 4.19. The summed E-state index contributed by atoms with van der Waals surface area (Å²) in [5, 5.41) is 1.27. The maximum atomic E-state index is 13.0. The number of carbonyl (C=O) groups is 1. The summed E-state index contributed by atoms with van der Waals surface area (Å²) in [6, 6.07) is 7.74. The minimum absolute atomic E-state index is 0.0226. The molecule has 1 aromatic heterocycles. The smallest absolute Gasteiger partial charge is 0.262 e. The highest BCUT2D eigenvalue weighted by molar-refractivity contribution is 7.99. The van der Waals surface area contributed by atoms with Gasteiger partial charge in [0.1, 0.15) is 0 Å². The van der Waals surface area contributed by atoms with Crippen LogP contribution in [0.4, 0.5) is 0 Å². The number of piperidine rings is 1. The number of thioether (sulfide) groups is 1. The van der Waals surface area contributed by atoms with Crippen LogP contribution in [0.25, 0.3) is 10.9 Å². The summed E-state index contributed by atoms with van der Waals surface area (Å²) in [4.78, 5) is 34.5. The van der Waals surface area contributed by atoms with Gasteiger partial charge in [-0.3, -0.25) is 14.2 Å². The standard InChI is InChI=1S/C21H30N4O2S/c1-16-9-6-7-13-24(16)19(26)15-28-21-22-18-11-5-4-10-17(18)20(27)25(21)14-8-12-23(2)3/h4-5,10-11,16H,6-9,12-15H2,1-3H3/t16-/m0/s1. The molecule has 0 bridgehead atoms. The molecule has 0 saturated carbocycles. The van der Waals surface area contributed by atoms with Gasteiger partial charge in [0.2, 0.25) is 5.91 Å². The lowest BCUT2D eigenvalue weighted by Crippen LogP contribution is -2.43. The summed E-state index contributed by atoms with van der Waals surface area (Å²) >= 11 is 1.39. The van der Waals surface area contributed by atoms with E-state index in [2.05, 4.69) is 11.8 Å². The third-order valence-electron chi connectivity index (χ3n) is 5.26. The van der Waals surface area contributed by atoms with Gasteiger partial charge >= 0.3 is 0 Å². The van der Waals surface area contributed by atoms with E-state index in [0.29, 0.717) is 34.4 Å². The number of fused-ring (bicyclic) bond motifs is 1. The fourth-order valence-corrected chi connectivity index (χ4v) is 4.59. The van der Waals surface area contributed by atoms with Crippen molar-refractivity contribution in [3.8, 4) is 0 Å². The predicted molar refractivity (Wildman–Crippen MR) is 115 cm³/mol. The molecule has 7 heteroatoms. The highest BCUT2D eigenvalue weighted by Gasteiger charge is 2.23. The second-order valence-electron chi connectivity index (χ2n) is 7.75. The van der Waals surface area contributed by atoms with Crippen molar-refractivity contribution < 1.29 is 4.79 Å². The maximum absolute atomic E-state index is 13.0. The van der Waals surface area contributed by atoms with Gasteiger partial charge in [-0.05, 0) is 65.4 Å². The van der Waals surface area contributed by atoms with Crippen LogP contribution in [-0.4, -0.2) is 64.2 Å². The highest BCUT2D eigenvalue weighted by Crippen LogP contribution is 2.22. The molecule has 2 aromatic rings. The maximum Gasteiger partial charge on any atom is 0.262 e. The summed E-state index contributed by atoms with van der Waals surface area (Å²) in [7, 11) is 4.05. The molecule has 0 radical (unpaired) electrons. The van der Waals surface area contributed by atoms with E-state index in [1.54, 1.807) is 4.57 Å². The summed E-state index contributed by atoms with van der Waals surface area (Å²) in [5.74, 6) is 0.461. The van der Waals surface area contributed by atoms with Crippen LogP contribution in [0.5, 0.6) is 0 Å². The highest BCUT2D eigenvalue weighted by atomic mass is 32.2. The van der Waals surface area contributed by atoms with Crippen LogP contribution in [0.2, 0.25) is 0 Å². The lowest BCUT2D eigenvalue weighted by Gasteiger charge is -2.33. The van der Waals surface area contributed by atoms with Crippen molar-refractivity contribution in [1.82, 2.24) is 19.4 Å². The van der Waals surface area contributed by atoms with Gasteiger partial charge in [0.05, 0.1) is 16.7 Å². The van der Waals surface area contributed by atoms with E-state index in [9.17, 15) is 9.59 Å². The second kappa shape index (κ2) is 9.56. The fraction of sp³-hybridized carbons (Fsp3) is 0.571. The van der Waals surface area contributed by atoms with E-state index in [-0.39, 0.29) is 11.5 Å². The molecule has 1 saturated heterocycles. The van der Waals surface area contributed by atoms with Crippen LogP contribution in [0, 0.1) is 0 Å². The zero-order chi connectivity index (χ0) is 20.1. The molecule has 0 aliphatic carbocycles. The first-order valence-corrected chi connectivity index (χ1v) is 11.0. The molecule has 1 fully saturated rings. The van der Waals surface area contributed by atoms with Crippen LogP contribution >= 0.6 is 11.8 Å². The molecule has 28 heavy (non-hydrogen) atoms. The van der Waals surface area contributed by atoms with E-state index in [0.717, 1.165) is 32.4 Å². The van der Waals surface area contributed by atoms with Gasteiger partial charge < -0.3 is 9.80 Å². The van der Waals surface area contributed by atoms with Crippen molar-refractivity contribution in [3.63, 3.8) is 0 Å². The number of benzene rings is 1. The zero-order valence-electron chi connectivity index (χ0n) is 17.1. The number of aromatic nitrogens is 2. The number of carbonyl (C=O) groups excluding carboxylic acids is 1. The molecule has 1 amide bonds. The van der Waals surface area contributed by atoms with Crippen LogP contribution in [-0.2, 0) is 11.3 Å². The fourth-order valence-electron chi connectivity index (χ4n) is 3.68. The number of amides is 1. The van der Waals surface area contributed by atoms with Crippen LogP contribution in [0.3, 0.4) is 0 Å². The number of hydrogen-bond donors (Lipinski definition) is 0. The number of likely N-dealkylation sites (tertiary alicyclic amines) is 1. The van der Waals surface area contributed by atoms with Gasteiger partial charge in [0.25, 0.3) is 5.56 Å². The average Bonchev–Trinajstić information content (AvgIpc) is 2.68. The molecule has 0 N–H and O–H groups in total. The van der Waals surface area contributed by atoms with Crippen molar-refractivity contribution in [2.24, 2.45) is 0 Å². The molecule has 1 atom stereocenters. The third kappa shape index (κ3) is 4.94. The normalized spacial score (nSPS) is 17.4. The molecule has 0 unspecified atom stereocenters. The number of para-hydroxylation sites is 1. The van der Waals surface area contributed by atoms with Crippen LogP contribution in [0.15, 0.2) is 34.2 Å². The topological polar surface area (TPSA) is 58.4 Å².